The third-order valence-electron chi connectivity index (χ3n) is 2.61. The average Bonchev–Trinajstić information content (AvgIpc) is 2.24. The third-order valence-corrected chi connectivity index (χ3v) is 4.91. The first kappa shape index (κ1) is 14.3. The van der Waals surface area contributed by atoms with Crippen molar-refractivity contribution >= 4 is 27.1 Å². The lowest BCUT2D eigenvalue weighted by atomic mass is 10.2. The van der Waals surface area contributed by atoms with E-state index in [1.54, 1.807) is 6.92 Å². The molecule has 1 unspecified atom stereocenters. The van der Waals surface area contributed by atoms with Crippen molar-refractivity contribution in [3.8, 4) is 0 Å². The molecule has 0 radical (unpaired) electrons. The number of anilines is 1. The summed E-state index contributed by atoms with van der Waals surface area (Å²) in [6.07, 6.45) is 0. The van der Waals surface area contributed by atoms with Crippen LogP contribution in [0.5, 0.6) is 0 Å². The first-order valence-electron chi connectivity index (χ1n) is 5.58. The molecule has 0 bridgehead atoms. The van der Waals surface area contributed by atoms with Crippen LogP contribution >= 0.6 is 11.6 Å². The summed E-state index contributed by atoms with van der Waals surface area (Å²) in [5.74, 6) is 0.309. The van der Waals surface area contributed by atoms with Gasteiger partial charge in [-0.15, -0.1) is 0 Å². The molecular formula is C12H18ClNO2S. The van der Waals surface area contributed by atoms with E-state index >= 15 is 0 Å². The van der Waals surface area contributed by atoms with E-state index in [4.69, 9.17) is 11.6 Å². The van der Waals surface area contributed by atoms with Crippen molar-refractivity contribution in [1.82, 2.24) is 0 Å². The van der Waals surface area contributed by atoms with Crippen molar-refractivity contribution < 1.29 is 8.42 Å². The Bertz CT molecular complexity index is 485. The van der Waals surface area contributed by atoms with Crippen LogP contribution in [-0.2, 0) is 9.84 Å². The van der Waals surface area contributed by atoms with Gasteiger partial charge in [-0.2, -0.15) is 0 Å². The van der Waals surface area contributed by atoms with Crippen LogP contribution in [0.1, 0.15) is 19.4 Å². The van der Waals surface area contributed by atoms with Gasteiger partial charge >= 0.3 is 0 Å². The van der Waals surface area contributed by atoms with Gasteiger partial charge in [0, 0.05) is 22.5 Å². The van der Waals surface area contributed by atoms with Gasteiger partial charge in [-0.25, -0.2) is 8.42 Å². The largest absolute Gasteiger partial charge is 0.381 e. The number of nitrogens with one attached hydrogen (secondary N) is 1. The van der Waals surface area contributed by atoms with Crippen LogP contribution < -0.4 is 5.32 Å². The van der Waals surface area contributed by atoms with E-state index in [1.807, 2.05) is 32.0 Å². The summed E-state index contributed by atoms with van der Waals surface area (Å²) in [6.45, 7) is 5.42. The summed E-state index contributed by atoms with van der Waals surface area (Å²) in [6, 6.07) is 5.43. The van der Waals surface area contributed by atoms with Gasteiger partial charge in [0.05, 0.1) is 5.75 Å². The van der Waals surface area contributed by atoms with Gasteiger partial charge in [0.2, 0.25) is 0 Å². The minimum atomic E-state index is -2.96. The van der Waals surface area contributed by atoms with Crippen molar-refractivity contribution in [3.63, 3.8) is 0 Å². The molecule has 0 heterocycles. The van der Waals surface area contributed by atoms with Crippen molar-refractivity contribution in [3.05, 3.63) is 28.8 Å². The lowest BCUT2D eigenvalue weighted by molar-refractivity contribution is 0.593. The number of sulfone groups is 1. The molecule has 0 spiro atoms. The highest BCUT2D eigenvalue weighted by atomic mass is 35.5. The molecule has 17 heavy (non-hydrogen) atoms. The lowest BCUT2D eigenvalue weighted by Gasteiger charge is -2.17. The van der Waals surface area contributed by atoms with Crippen molar-refractivity contribution in [1.29, 1.82) is 0 Å². The van der Waals surface area contributed by atoms with Crippen LogP contribution in [0.2, 0.25) is 5.02 Å². The molecule has 0 saturated heterocycles. The zero-order valence-corrected chi connectivity index (χ0v) is 11.9. The fourth-order valence-electron chi connectivity index (χ4n) is 1.57. The molecule has 1 atom stereocenters. The quantitative estimate of drug-likeness (QED) is 0.899. The van der Waals surface area contributed by atoms with E-state index in [-0.39, 0.29) is 17.5 Å². The third kappa shape index (κ3) is 4.21. The van der Waals surface area contributed by atoms with E-state index in [2.05, 4.69) is 5.32 Å². The molecule has 0 amide bonds. The van der Waals surface area contributed by atoms with E-state index in [0.717, 1.165) is 11.3 Å². The van der Waals surface area contributed by atoms with Crippen LogP contribution in [0, 0.1) is 6.92 Å². The fourth-order valence-corrected chi connectivity index (χ4v) is 2.83. The standard InChI is InChI=1S/C12H18ClNO2S/c1-4-17(15,16)8-9(2)14-12-7-5-6-11(13)10(12)3/h5-7,9,14H,4,8H2,1-3H3. The van der Waals surface area contributed by atoms with Crippen molar-refractivity contribution in [2.24, 2.45) is 0 Å². The first-order chi connectivity index (χ1) is 7.85. The highest BCUT2D eigenvalue weighted by Crippen LogP contribution is 2.23. The average molecular weight is 276 g/mol. The van der Waals surface area contributed by atoms with Gasteiger partial charge in [-0.1, -0.05) is 24.6 Å². The summed E-state index contributed by atoms with van der Waals surface area (Å²) in [7, 11) is -2.96. The maximum absolute atomic E-state index is 11.5. The molecule has 0 aliphatic heterocycles. The Balaban J connectivity index is 2.75. The van der Waals surface area contributed by atoms with Gasteiger partial charge in [0.25, 0.3) is 0 Å². The van der Waals surface area contributed by atoms with Crippen LogP contribution in [0.25, 0.3) is 0 Å². The Morgan fingerprint density at radius 1 is 1.41 bits per heavy atom. The van der Waals surface area contributed by atoms with E-state index in [0.29, 0.717) is 5.02 Å². The molecule has 0 fully saturated rings. The summed E-state index contributed by atoms with van der Waals surface area (Å²) < 4.78 is 23.0. The molecule has 5 heteroatoms. The van der Waals surface area contributed by atoms with Gasteiger partial charge in [0.15, 0.2) is 9.84 Å². The minimum absolute atomic E-state index is 0.128. The molecule has 1 aromatic rings. The molecule has 3 nitrogen and oxygen atoms in total. The second kappa shape index (κ2) is 5.74. The number of hydrogen-bond donors (Lipinski definition) is 1. The Morgan fingerprint density at radius 3 is 2.65 bits per heavy atom. The smallest absolute Gasteiger partial charge is 0.152 e. The number of benzene rings is 1. The molecular weight excluding hydrogens is 258 g/mol. The fraction of sp³-hybridized carbons (Fsp3) is 0.500. The SMILES string of the molecule is CCS(=O)(=O)CC(C)Nc1cccc(Cl)c1C. The molecule has 0 saturated carbocycles. The summed E-state index contributed by atoms with van der Waals surface area (Å²) in [4.78, 5) is 0. The topological polar surface area (TPSA) is 46.2 Å². The molecule has 0 aromatic heterocycles. The molecule has 1 rings (SSSR count). The zero-order valence-electron chi connectivity index (χ0n) is 10.3. The number of hydrogen-bond acceptors (Lipinski definition) is 3. The maximum atomic E-state index is 11.5. The van der Waals surface area contributed by atoms with E-state index in [9.17, 15) is 8.42 Å². The van der Waals surface area contributed by atoms with Crippen LogP contribution in [0.15, 0.2) is 18.2 Å². The zero-order chi connectivity index (χ0) is 13.1. The lowest BCUT2D eigenvalue weighted by Crippen LogP contribution is -2.27. The predicted molar refractivity (Wildman–Crippen MR) is 73.6 cm³/mol. The molecule has 0 aliphatic rings. The Labute approximate surface area is 108 Å². The minimum Gasteiger partial charge on any atom is -0.381 e. The maximum Gasteiger partial charge on any atom is 0.152 e. The van der Waals surface area contributed by atoms with Gasteiger partial charge in [0.1, 0.15) is 0 Å². The second-order valence-electron chi connectivity index (χ2n) is 4.16. The highest BCUT2D eigenvalue weighted by molar-refractivity contribution is 7.91. The van der Waals surface area contributed by atoms with Crippen LogP contribution in [-0.4, -0.2) is 26.0 Å². The van der Waals surface area contributed by atoms with E-state index in [1.165, 1.54) is 0 Å². The summed E-state index contributed by atoms with van der Waals surface area (Å²) in [5.41, 5.74) is 1.83. The molecule has 1 N–H and O–H groups in total. The summed E-state index contributed by atoms with van der Waals surface area (Å²) >= 11 is 6.00. The number of halogens is 1. The summed E-state index contributed by atoms with van der Waals surface area (Å²) in [5, 5.41) is 3.86. The Morgan fingerprint density at radius 2 is 2.06 bits per heavy atom. The predicted octanol–water partition coefficient (Wildman–Crippen LogP) is 2.88. The van der Waals surface area contributed by atoms with Gasteiger partial charge in [-0.3, -0.25) is 0 Å². The van der Waals surface area contributed by atoms with Crippen LogP contribution in [0.4, 0.5) is 5.69 Å². The van der Waals surface area contributed by atoms with Crippen molar-refractivity contribution in [2.75, 3.05) is 16.8 Å². The first-order valence-corrected chi connectivity index (χ1v) is 7.77. The van der Waals surface area contributed by atoms with E-state index < -0.39 is 9.84 Å². The van der Waals surface area contributed by atoms with Gasteiger partial charge in [-0.05, 0) is 31.5 Å². The second-order valence-corrected chi connectivity index (χ2v) is 6.96. The molecule has 96 valence electrons. The monoisotopic (exact) mass is 275 g/mol. The molecule has 1 aromatic carbocycles. The van der Waals surface area contributed by atoms with Gasteiger partial charge < -0.3 is 5.32 Å². The van der Waals surface area contributed by atoms with Crippen molar-refractivity contribution in [2.45, 2.75) is 26.8 Å². The number of rotatable bonds is 5. The Hall–Kier alpha value is -0.740. The normalized spacial score (nSPS) is 13.4. The highest BCUT2D eigenvalue weighted by Gasteiger charge is 2.14. The molecule has 0 aliphatic carbocycles. The van der Waals surface area contributed by atoms with Crippen LogP contribution in [0.3, 0.4) is 0 Å². The Kier molecular flexibility index (Phi) is 4.83.